The predicted octanol–water partition coefficient (Wildman–Crippen LogP) is 1.91. The van der Waals surface area contributed by atoms with Crippen LogP contribution in [0.3, 0.4) is 0 Å². The maximum Gasteiger partial charge on any atom is 0.272 e. The van der Waals surface area contributed by atoms with Crippen LogP contribution in [0.1, 0.15) is 16.1 Å². The van der Waals surface area contributed by atoms with Crippen molar-refractivity contribution >= 4 is 17.5 Å². The normalized spacial score (nSPS) is 9.32. The molecule has 0 aliphatic carbocycles. The molecule has 0 unspecified atom stereocenters. The van der Waals surface area contributed by atoms with E-state index in [0.29, 0.717) is 5.02 Å². The molecule has 0 atom stereocenters. The number of hydrogen-bond acceptors (Lipinski definition) is 3. The zero-order valence-corrected chi connectivity index (χ0v) is 10.7. The quantitative estimate of drug-likeness (QED) is 0.849. The second-order valence-electron chi connectivity index (χ2n) is 3.59. The summed E-state index contributed by atoms with van der Waals surface area (Å²) < 4.78 is 0. The standard InChI is InChI=1S/C14H10ClN3O/c15-12-5-1-3-11(9-12)4-2-6-18-14(19)13-10-16-7-8-17-13/h1,3,5,7-10H,6H2,(H,18,19). The van der Waals surface area contributed by atoms with Gasteiger partial charge in [-0.15, -0.1) is 0 Å². The number of halogens is 1. The Kier molecular flexibility index (Phi) is 4.49. The van der Waals surface area contributed by atoms with Gasteiger partial charge in [0.05, 0.1) is 12.7 Å². The van der Waals surface area contributed by atoms with Gasteiger partial charge in [-0.25, -0.2) is 4.98 Å². The van der Waals surface area contributed by atoms with E-state index >= 15 is 0 Å². The van der Waals surface area contributed by atoms with E-state index in [-0.39, 0.29) is 18.1 Å². The molecule has 0 fully saturated rings. The number of carbonyl (C=O) groups is 1. The summed E-state index contributed by atoms with van der Waals surface area (Å²) in [5.41, 5.74) is 1.08. The van der Waals surface area contributed by atoms with Gasteiger partial charge in [0.15, 0.2) is 0 Å². The fraction of sp³-hybridized carbons (Fsp3) is 0.0714. The average molecular weight is 272 g/mol. The molecule has 5 heteroatoms. The van der Waals surface area contributed by atoms with Crippen LogP contribution in [0.2, 0.25) is 5.02 Å². The summed E-state index contributed by atoms with van der Waals surface area (Å²) >= 11 is 5.84. The number of benzene rings is 1. The molecular weight excluding hydrogens is 262 g/mol. The molecule has 1 N–H and O–H groups in total. The summed E-state index contributed by atoms with van der Waals surface area (Å²) in [6.45, 7) is 0.238. The second-order valence-corrected chi connectivity index (χ2v) is 4.02. The van der Waals surface area contributed by atoms with Crippen LogP contribution in [-0.4, -0.2) is 22.4 Å². The van der Waals surface area contributed by atoms with Crippen LogP contribution in [-0.2, 0) is 0 Å². The predicted molar refractivity (Wildman–Crippen MR) is 72.7 cm³/mol. The molecule has 2 rings (SSSR count). The van der Waals surface area contributed by atoms with Gasteiger partial charge >= 0.3 is 0 Å². The molecule has 4 nitrogen and oxygen atoms in total. The van der Waals surface area contributed by atoms with Crippen LogP contribution >= 0.6 is 11.6 Å². The lowest BCUT2D eigenvalue weighted by Crippen LogP contribution is -2.24. The maximum atomic E-state index is 11.6. The first kappa shape index (κ1) is 13.1. The SMILES string of the molecule is O=C(NCC#Cc1cccc(Cl)c1)c1cnccn1. The van der Waals surface area contributed by atoms with E-state index in [9.17, 15) is 4.79 Å². The first-order valence-electron chi connectivity index (χ1n) is 5.54. The number of nitrogens with zero attached hydrogens (tertiary/aromatic N) is 2. The van der Waals surface area contributed by atoms with Crippen molar-refractivity contribution in [3.8, 4) is 11.8 Å². The molecule has 0 spiro atoms. The van der Waals surface area contributed by atoms with Gasteiger partial charge < -0.3 is 5.32 Å². The van der Waals surface area contributed by atoms with E-state index in [1.807, 2.05) is 12.1 Å². The number of amides is 1. The highest BCUT2D eigenvalue weighted by Gasteiger charge is 2.03. The Morgan fingerprint density at radius 2 is 2.26 bits per heavy atom. The number of aromatic nitrogens is 2. The van der Waals surface area contributed by atoms with Crippen molar-refractivity contribution < 1.29 is 4.79 Å². The van der Waals surface area contributed by atoms with Gasteiger partial charge in [-0.2, -0.15) is 0 Å². The van der Waals surface area contributed by atoms with Gasteiger partial charge in [-0.05, 0) is 18.2 Å². The van der Waals surface area contributed by atoms with Crippen LogP contribution in [0.4, 0.5) is 0 Å². The molecule has 1 aromatic carbocycles. The van der Waals surface area contributed by atoms with E-state index < -0.39 is 0 Å². The Bertz CT molecular complexity index is 632. The van der Waals surface area contributed by atoms with Gasteiger partial charge in [-0.3, -0.25) is 9.78 Å². The van der Waals surface area contributed by atoms with Crippen molar-refractivity contribution in [2.45, 2.75) is 0 Å². The number of carbonyl (C=O) groups excluding carboxylic acids is 1. The third-order valence-electron chi connectivity index (χ3n) is 2.19. The fourth-order valence-electron chi connectivity index (χ4n) is 1.34. The van der Waals surface area contributed by atoms with Crippen molar-refractivity contribution in [1.29, 1.82) is 0 Å². The smallest absolute Gasteiger partial charge is 0.272 e. The summed E-state index contributed by atoms with van der Waals surface area (Å²) in [7, 11) is 0. The molecule has 1 aromatic heterocycles. The van der Waals surface area contributed by atoms with Crippen LogP contribution in [0.15, 0.2) is 42.9 Å². The Morgan fingerprint density at radius 3 is 3.00 bits per heavy atom. The number of nitrogens with one attached hydrogen (secondary N) is 1. The monoisotopic (exact) mass is 271 g/mol. The minimum absolute atomic E-state index is 0.238. The van der Waals surface area contributed by atoms with Crippen molar-refractivity contribution in [1.82, 2.24) is 15.3 Å². The third-order valence-corrected chi connectivity index (χ3v) is 2.43. The first-order valence-corrected chi connectivity index (χ1v) is 5.92. The van der Waals surface area contributed by atoms with E-state index in [1.165, 1.54) is 18.6 Å². The Balaban J connectivity index is 1.89. The summed E-state index contributed by atoms with van der Waals surface area (Å²) in [6.07, 6.45) is 4.38. The highest BCUT2D eigenvalue weighted by atomic mass is 35.5. The van der Waals surface area contributed by atoms with Crippen LogP contribution < -0.4 is 5.32 Å². The van der Waals surface area contributed by atoms with Gasteiger partial charge in [-0.1, -0.05) is 29.5 Å². The molecule has 1 heterocycles. The lowest BCUT2D eigenvalue weighted by Gasteiger charge is -1.98. The lowest BCUT2D eigenvalue weighted by atomic mass is 10.2. The Labute approximate surface area is 115 Å². The zero-order chi connectivity index (χ0) is 13.5. The topological polar surface area (TPSA) is 54.9 Å². The van der Waals surface area contributed by atoms with Gasteiger partial charge in [0.25, 0.3) is 5.91 Å². The largest absolute Gasteiger partial charge is 0.340 e. The minimum Gasteiger partial charge on any atom is -0.340 e. The van der Waals surface area contributed by atoms with Gasteiger partial charge in [0, 0.05) is 23.0 Å². The molecule has 0 aliphatic rings. The molecule has 94 valence electrons. The Morgan fingerprint density at radius 1 is 1.37 bits per heavy atom. The summed E-state index contributed by atoms with van der Waals surface area (Å²) in [4.78, 5) is 19.3. The van der Waals surface area contributed by atoms with Crippen LogP contribution in [0.25, 0.3) is 0 Å². The maximum absolute atomic E-state index is 11.6. The molecule has 0 saturated carbocycles. The second kappa shape index (κ2) is 6.53. The van der Waals surface area contributed by atoms with E-state index in [2.05, 4.69) is 27.1 Å². The van der Waals surface area contributed by atoms with Gasteiger partial charge in [0.2, 0.25) is 0 Å². The molecule has 0 radical (unpaired) electrons. The molecule has 0 bridgehead atoms. The van der Waals surface area contributed by atoms with Crippen molar-refractivity contribution in [2.24, 2.45) is 0 Å². The zero-order valence-electron chi connectivity index (χ0n) is 9.93. The van der Waals surface area contributed by atoms with Crippen molar-refractivity contribution in [2.75, 3.05) is 6.54 Å². The number of hydrogen-bond donors (Lipinski definition) is 1. The molecular formula is C14H10ClN3O. The highest BCUT2D eigenvalue weighted by Crippen LogP contribution is 2.09. The number of rotatable bonds is 2. The van der Waals surface area contributed by atoms with Crippen LogP contribution in [0, 0.1) is 11.8 Å². The van der Waals surface area contributed by atoms with Crippen molar-refractivity contribution in [3.05, 3.63) is 59.1 Å². The fourth-order valence-corrected chi connectivity index (χ4v) is 1.53. The lowest BCUT2D eigenvalue weighted by molar-refractivity contribution is 0.0953. The molecule has 0 saturated heterocycles. The van der Waals surface area contributed by atoms with Crippen LogP contribution in [0.5, 0.6) is 0 Å². The summed E-state index contributed by atoms with van der Waals surface area (Å²) in [5, 5.41) is 3.27. The molecule has 0 aliphatic heterocycles. The van der Waals surface area contributed by atoms with E-state index in [1.54, 1.807) is 12.1 Å². The average Bonchev–Trinajstić information content (AvgIpc) is 2.44. The summed E-state index contributed by atoms with van der Waals surface area (Å²) in [6, 6.07) is 7.22. The van der Waals surface area contributed by atoms with Crippen molar-refractivity contribution in [3.63, 3.8) is 0 Å². The van der Waals surface area contributed by atoms with E-state index in [4.69, 9.17) is 11.6 Å². The molecule has 2 aromatic rings. The van der Waals surface area contributed by atoms with E-state index in [0.717, 1.165) is 5.56 Å². The Hall–Kier alpha value is -2.38. The minimum atomic E-state index is -0.298. The third kappa shape index (κ3) is 4.09. The van der Waals surface area contributed by atoms with Gasteiger partial charge in [0.1, 0.15) is 5.69 Å². The highest BCUT2D eigenvalue weighted by molar-refractivity contribution is 6.30. The first-order chi connectivity index (χ1) is 9.25. The summed E-state index contributed by atoms with van der Waals surface area (Å²) in [5.74, 6) is 5.45. The molecule has 1 amide bonds. The molecule has 19 heavy (non-hydrogen) atoms.